The van der Waals surface area contributed by atoms with Gasteiger partial charge in [0, 0.05) is 24.7 Å². The molecule has 7 heteroatoms. The van der Waals surface area contributed by atoms with Gasteiger partial charge < -0.3 is 10.1 Å². The summed E-state index contributed by atoms with van der Waals surface area (Å²) in [7, 11) is 1.66. The predicted molar refractivity (Wildman–Crippen MR) is 122 cm³/mol. The number of rotatable bonds is 7. The summed E-state index contributed by atoms with van der Waals surface area (Å²) in [5.41, 5.74) is 3.03. The molecule has 32 heavy (non-hydrogen) atoms. The number of fused-ring (bicyclic) bond motifs is 3. The number of nitrogens with zero attached hydrogens (tertiary/aromatic N) is 4. The monoisotopic (exact) mass is 431 g/mol. The Morgan fingerprint density at radius 3 is 2.69 bits per heavy atom. The Hall–Kier alpha value is -3.19. The van der Waals surface area contributed by atoms with E-state index in [2.05, 4.69) is 20.5 Å². The molecular formula is C25H29N5O2. The minimum atomic E-state index is 0.0781. The molecule has 3 aromatic rings. The third kappa shape index (κ3) is 4.39. The molecule has 2 bridgehead atoms. The Morgan fingerprint density at radius 2 is 1.97 bits per heavy atom. The summed E-state index contributed by atoms with van der Waals surface area (Å²) < 4.78 is 7.17. The van der Waals surface area contributed by atoms with Crippen molar-refractivity contribution < 1.29 is 9.53 Å². The molecular weight excluding hydrogens is 402 g/mol. The zero-order chi connectivity index (χ0) is 21.9. The highest BCUT2D eigenvalue weighted by atomic mass is 16.5. The van der Waals surface area contributed by atoms with Crippen molar-refractivity contribution in [1.82, 2.24) is 25.2 Å². The van der Waals surface area contributed by atoms with Crippen molar-refractivity contribution in [2.45, 2.75) is 32.0 Å². The van der Waals surface area contributed by atoms with Gasteiger partial charge in [-0.15, -0.1) is 5.10 Å². The van der Waals surface area contributed by atoms with Crippen LogP contribution >= 0.6 is 0 Å². The summed E-state index contributed by atoms with van der Waals surface area (Å²) >= 11 is 0. The number of nitrogens with one attached hydrogen (secondary N) is 1. The standard InChI is InChI=1S/C25H29N5O2/c1-32-22-9-7-19(8-10-22)24-17-30(28-27-24)15-21-13-20-11-12-29(21)16-23(20)25(31)26-14-18-5-3-2-4-6-18/h2-10,17,20-21,23H,11-16H2,1H3,(H,26,31)/t20-,21-,23+/m1/s1. The van der Waals surface area contributed by atoms with E-state index in [1.807, 2.05) is 65.5 Å². The second-order valence-electron chi connectivity index (χ2n) is 8.80. The zero-order valence-corrected chi connectivity index (χ0v) is 18.4. The van der Waals surface area contributed by atoms with Crippen molar-refractivity contribution >= 4 is 5.91 Å². The maximum Gasteiger partial charge on any atom is 0.224 e. The molecule has 0 saturated carbocycles. The first kappa shape index (κ1) is 20.7. The lowest BCUT2D eigenvalue weighted by Crippen LogP contribution is -2.57. The van der Waals surface area contributed by atoms with Gasteiger partial charge in [0.25, 0.3) is 0 Å². The third-order valence-corrected chi connectivity index (χ3v) is 6.85. The number of piperidine rings is 3. The van der Waals surface area contributed by atoms with Crippen LogP contribution in [-0.2, 0) is 17.9 Å². The SMILES string of the molecule is COc1ccc(-c2cn(C[C@H]3C[C@H]4CCN3C[C@@H]4C(=O)NCc3ccccc3)nn2)cc1. The van der Waals surface area contributed by atoms with Crippen LogP contribution in [0.25, 0.3) is 11.3 Å². The first-order valence-corrected chi connectivity index (χ1v) is 11.3. The fourth-order valence-corrected chi connectivity index (χ4v) is 5.04. The van der Waals surface area contributed by atoms with Gasteiger partial charge in [-0.2, -0.15) is 0 Å². The Morgan fingerprint density at radius 1 is 1.16 bits per heavy atom. The van der Waals surface area contributed by atoms with Crippen LogP contribution in [0.4, 0.5) is 0 Å². The lowest BCUT2D eigenvalue weighted by molar-refractivity contribution is -0.133. The van der Waals surface area contributed by atoms with Gasteiger partial charge >= 0.3 is 0 Å². The number of benzene rings is 2. The lowest BCUT2D eigenvalue weighted by atomic mass is 9.75. The van der Waals surface area contributed by atoms with Crippen molar-refractivity contribution in [2.75, 3.05) is 20.2 Å². The molecule has 4 heterocycles. The van der Waals surface area contributed by atoms with Gasteiger partial charge in [-0.1, -0.05) is 35.5 Å². The summed E-state index contributed by atoms with van der Waals surface area (Å²) in [5, 5.41) is 11.9. The average Bonchev–Trinajstić information content (AvgIpc) is 3.32. The van der Waals surface area contributed by atoms with Crippen molar-refractivity contribution in [2.24, 2.45) is 11.8 Å². The van der Waals surface area contributed by atoms with E-state index in [4.69, 9.17) is 4.74 Å². The molecule has 1 unspecified atom stereocenters. The van der Waals surface area contributed by atoms with Crippen LogP contribution in [0.1, 0.15) is 18.4 Å². The van der Waals surface area contributed by atoms with Gasteiger partial charge in [-0.3, -0.25) is 14.4 Å². The Bertz CT molecular complexity index is 1050. The second kappa shape index (κ2) is 9.12. The third-order valence-electron chi connectivity index (χ3n) is 6.85. The normalized spacial score (nSPS) is 24.3. The summed E-state index contributed by atoms with van der Waals surface area (Å²) in [4.78, 5) is 15.3. The maximum atomic E-state index is 12.9. The molecule has 3 saturated heterocycles. The number of amides is 1. The number of carbonyl (C=O) groups excluding carboxylic acids is 1. The van der Waals surface area contributed by atoms with Crippen LogP contribution in [0.15, 0.2) is 60.8 Å². The van der Waals surface area contributed by atoms with Crippen molar-refractivity contribution in [1.29, 1.82) is 0 Å². The van der Waals surface area contributed by atoms with Gasteiger partial charge in [0.15, 0.2) is 0 Å². The fraction of sp³-hybridized carbons (Fsp3) is 0.400. The molecule has 3 aliphatic rings. The topological polar surface area (TPSA) is 72.3 Å². The predicted octanol–water partition coefficient (Wildman–Crippen LogP) is 2.98. The van der Waals surface area contributed by atoms with E-state index in [0.717, 1.165) is 55.0 Å². The van der Waals surface area contributed by atoms with Crippen LogP contribution < -0.4 is 10.1 Å². The van der Waals surface area contributed by atoms with E-state index in [9.17, 15) is 4.79 Å². The zero-order valence-electron chi connectivity index (χ0n) is 18.4. The van der Waals surface area contributed by atoms with Crippen LogP contribution in [0, 0.1) is 11.8 Å². The number of hydrogen-bond donors (Lipinski definition) is 1. The van der Waals surface area contributed by atoms with Gasteiger partial charge in [-0.25, -0.2) is 0 Å². The number of aromatic nitrogens is 3. The summed E-state index contributed by atoms with van der Waals surface area (Å²) in [6, 6.07) is 18.4. The molecule has 3 fully saturated rings. The van der Waals surface area contributed by atoms with Crippen LogP contribution in [0.2, 0.25) is 0 Å². The van der Waals surface area contributed by atoms with E-state index < -0.39 is 0 Å². The molecule has 1 amide bonds. The minimum absolute atomic E-state index is 0.0781. The van der Waals surface area contributed by atoms with Crippen molar-refractivity contribution in [3.05, 3.63) is 66.4 Å². The molecule has 1 aromatic heterocycles. The largest absolute Gasteiger partial charge is 0.497 e. The maximum absolute atomic E-state index is 12.9. The lowest BCUT2D eigenvalue weighted by Gasteiger charge is -2.49. The van der Waals surface area contributed by atoms with E-state index >= 15 is 0 Å². The molecule has 166 valence electrons. The highest BCUT2D eigenvalue weighted by molar-refractivity contribution is 5.79. The molecule has 3 aliphatic heterocycles. The Labute approximate surface area is 188 Å². The van der Waals surface area contributed by atoms with E-state index in [1.54, 1.807) is 7.11 Å². The van der Waals surface area contributed by atoms with Gasteiger partial charge in [0.1, 0.15) is 11.4 Å². The molecule has 7 nitrogen and oxygen atoms in total. The van der Waals surface area contributed by atoms with Gasteiger partial charge in [0.05, 0.1) is 25.8 Å². The van der Waals surface area contributed by atoms with E-state index in [-0.39, 0.29) is 11.8 Å². The highest BCUT2D eigenvalue weighted by Crippen LogP contribution is 2.37. The molecule has 0 aliphatic carbocycles. The molecule has 4 atom stereocenters. The molecule has 6 rings (SSSR count). The van der Waals surface area contributed by atoms with Crippen molar-refractivity contribution in [3.8, 4) is 17.0 Å². The molecule has 0 spiro atoms. The highest BCUT2D eigenvalue weighted by Gasteiger charge is 2.43. The fourth-order valence-electron chi connectivity index (χ4n) is 5.04. The number of ether oxygens (including phenoxy) is 1. The first-order chi connectivity index (χ1) is 15.7. The summed E-state index contributed by atoms with van der Waals surface area (Å²) in [6.07, 6.45) is 4.13. The summed E-state index contributed by atoms with van der Waals surface area (Å²) in [5.74, 6) is 1.53. The summed E-state index contributed by atoms with van der Waals surface area (Å²) in [6.45, 7) is 3.28. The first-order valence-electron chi connectivity index (χ1n) is 11.3. The number of carbonyl (C=O) groups is 1. The van der Waals surface area contributed by atoms with Gasteiger partial charge in [-0.05, 0) is 55.1 Å². The van der Waals surface area contributed by atoms with Gasteiger partial charge in [0.2, 0.25) is 5.91 Å². The minimum Gasteiger partial charge on any atom is -0.497 e. The van der Waals surface area contributed by atoms with Crippen molar-refractivity contribution in [3.63, 3.8) is 0 Å². The van der Waals surface area contributed by atoms with E-state index in [1.165, 1.54) is 0 Å². The average molecular weight is 432 g/mol. The number of hydrogen-bond acceptors (Lipinski definition) is 5. The second-order valence-corrected chi connectivity index (χ2v) is 8.80. The number of methoxy groups -OCH3 is 1. The van der Waals surface area contributed by atoms with Crippen LogP contribution in [0.5, 0.6) is 5.75 Å². The quantitative estimate of drug-likeness (QED) is 0.623. The van der Waals surface area contributed by atoms with Crippen LogP contribution in [-0.4, -0.2) is 52.0 Å². The molecule has 2 aromatic carbocycles. The Balaban J connectivity index is 1.18. The molecule has 0 radical (unpaired) electrons. The Kier molecular flexibility index (Phi) is 5.90. The van der Waals surface area contributed by atoms with E-state index in [0.29, 0.717) is 18.5 Å². The molecule has 1 N–H and O–H groups in total. The smallest absolute Gasteiger partial charge is 0.224 e. The van der Waals surface area contributed by atoms with Crippen LogP contribution in [0.3, 0.4) is 0 Å².